The second-order valence-electron chi connectivity index (χ2n) is 3.36. The number of hydrogen-bond donors (Lipinski definition) is 0. The fraction of sp³-hybridized carbons (Fsp3) is 0.818. The highest BCUT2D eigenvalue weighted by molar-refractivity contribution is 14.1. The number of unbranched alkanes of at least 4 members (excludes halogenated alkanes) is 3. The van der Waals surface area contributed by atoms with Crippen molar-refractivity contribution in [3.63, 3.8) is 0 Å². The van der Waals surface area contributed by atoms with E-state index >= 15 is 0 Å². The van der Waals surface area contributed by atoms with Crippen molar-refractivity contribution in [1.82, 2.24) is 0 Å². The summed E-state index contributed by atoms with van der Waals surface area (Å²) in [5, 5.41) is 0. The van der Waals surface area contributed by atoms with Crippen LogP contribution >= 0.6 is 30.2 Å². The maximum absolute atomic E-state index is 12.3. The quantitative estimate of drug-likeness (QED) is 0.326. The Morgan fingerprint density at radius 2 is 1.75 bits per heavy atom. The van der Waals surface area contributed by atoms with E-state index in [9.17, 15) is 4.57 Å². The minimum absolute atomic E-state index is 0.409. The molecule has 0 fully saturated rings. The van der Waals surface area contributed by atoms with Crippen molar-refractivity contribution >= 4 is 30.2 Å². The molecule has 0 aliphatic heterocycles. The molecule has 3 nitrogen and oxygen atoms in total. The average molecular weight is 360 g/mol. The fourth-order valence-electron chi connectivity index (χ4n) is 1.23. The van der Waals surface area contributed by atoms with Crippen LogP contribution in [0.25, 0.3) is 0 Å². The third-order valence-corrected chi connectivity index (χ3v) is 6.10. The van der Waals surface area contributed by atoms with E-state index in [1.807, 2.05) is 19.9 Å². The molecule has 0 aromatic carbocycles. The first-order valence-corrected chi connectivity index (χ1v) is 8.48. The maximum Gasteiger partial charge on any atom is 0.367 e. The minimum Gasteiger partial charge on any atom is -0.305 e. The average Bonchev–Trinajstić information content (AvgIpc) is 2.24. The molecule has 0 amide bonds. The van der Waals surface area contributed by atoms with Crippen LogP contribution in [0.3, 0.4) is 0 Å². The van der Waals surface area contributed by atoms with E-state index in [0.717, 1.165) is 12.8 Å². The third-order valence-electron chi connectivity index (χ3n) is 1.98. The third kappa shape index (κ3) is 6.38. The highest BCUT2D eigenvalue weighted by Gasteiger charge is 2.27. The molecule has 0 rings (SSSR count). The first kappa shape index (κ1) is 16.6. The first-order chi connectivity index (χ1) is 7.60. The summed E-state index contributed by atoms with van der Waals surface area (Å²) in [4.78, 5) is 0. The van der Waals surface area contributed by atoms with Crippen molar-refractivity contribution in [2.75, 3.05) is 13.2 Å². The molecule has 0 aromatic rings. The monoisotopic (exact) mass is 360 g/mol. The molecule has 96 valence electrons. The van der Waals surface area contributed by atoms with Crippen molar-refractivity contribution in [3.05, 3.63) is 9.40 Å². The summed E-state index contributed by atoms with van der Waals surface area (Å²) in [6.45, 7) is 6.64. The lowest BCUT2D eigenvalue weighted by molar-refractivity contribution is 0.228. The summed E-state index contributed by atoms with van der Waals surface area (Å²) in [6, 6.07) is 0. The van der Waals surface area contributed by atoms with E-state index in [4.69, 9.17) is 9.05 Å². The molecule has 0 aliphatic carbocycles. The summed E-state index contributed by atoms with van der Waals surface area (Å²) >= 11 is 2.07. The molecule has 0 unspecified atom stereocenters. The highest BCUT2D eigenvalue weighted by atomic mass is 127. The normalized spacial score (nSPS) is 13.1. The summed E-state index contributed by atoms with van der Waals surface area (Å²) in [5.41, 5.74) is 0. The lowest BCUT2D eigenvalue weighted by atomic mass is 10.2. The lowest BCUT2D eigenvalue weighted by Crippen LogP contribution is -1.95. The molecule has 0 atom stereocenters. The molecule has 0 spiro atoms. The molecule has 0 aliphatic rings. The summed E-state index contributed by atoms with van der Waals surface area (Å²) < 4.78 is 23.5. The molecule has 5 heteroatoms. The molecule has 0 aromatic heterocycles. The van der Waals surface area contributed by atoms with Gasteiger partial charge in [0.05, 0.1) is 16.5 Å². The van der Waals surface area contributed by atoms with Gasteiger partial charge in [0.15, 0.2) is 0 Å². The Balaban J connectivity index is 4.36. The van der Waals surface area contributed by atoms with Gasteiger partial charge in [0.25, 0.3) is 0 Å². The van der Waals surface area contributed by atoms with Gasteiger partial charge in [-0.1, -0.05) is 25.8 Å². The van der Waals surface area contributed by atoms with Crippen molar-refractivity contribution in [2.24, 2.45) is 0 Å². The molecule has 0 saturated carbocycles. The molecule has 16 heavy (non-hydrogen) atoms. The van der Waals surface area contributed by atoms with Gasteiger partial charge in [-0.25, -0.2) is 0 Å². The van der Waals surface area contributed by atoms with Crippen LogP contribution in [-0.2, 0) is 13.6 Å². The van der Waals surface area contributed by atoms with Crippen LogP contribution in [0.2, 0.25) is 0 Å². The molecule has 0 heterocycles. The minimum atomic E-state index is -3.01. The van der Waals surface area contributed by atoms with Gasteiger partial charge in [0.1, 0.15) is 0 Å². The van der Waals surface area contributed by atoms with Crippen LogP contribution in [0.1, 0.15) is 46.5 Å². The van der Waals surface area contributed by atoms with Gasteiger partial charge in [-0.15, -0.1) is 0 Å². The predicted octanol–water partition coefficient (Wildman–Crippen LogP) is 5.11. The van der Waals surface area contributed by atoms with Gasteiger partial charge < -0.3 is 9.05 Å². The first-order valence-electron chi connectivity index (χ1n) is 5.86. The Morgan fingerprint density at radius 3 is 2.19 bits per heavy atom. The zero-order valence-electron chi connectivity index (χ0n) is 10.4. The van der Waals surface area contributed by atoms with Crippen molar-refractivity contribution < 1.29 is 13.6 Å². The van der Waals surface area contributed by atoms with E-state index in [2.05, 4.69) is 29.5 Å². The van der Waals surface area contributed by atoms with Gasteiger partial charge in [0.2, 0.25) is 0 Å². The van der Waals surface area contributed by atoms with Crippen LogP contribution in [0, 0.1) is 0 Å². The van der Waals surface area contributed by atoms with Crippen LogP contribution in [0.5, 0.6) is 0 Å². The Hall–Kier alpha value is 0.620. The van der Waals surface area contributed by atoms with E-state index in [1.54, 1.807) is 0 Å². The summed E-state index contributed by atoms with van der Waals surface area (Å²) in [7, 11) is -3.01. The second-order valence-corrected chi connectivity index (χ2v) is 7.36. The largest absolute Gasteiger partial charge is 0.367 e. The molecule has 0 bridgehead atoms. The molecular weight excluding hydrogens is 338 g/mol. The summed E-state index contributed by atoms with van der Waals surface area (Å²) in [5.74, 6) is 0. The topological polar surface area (TPSA) is 35.5 Å². The standard InChI is InChI=1S/C11H22IO3P/c1-4-7-8-9-10-11(12)16(13,14-5-2)15-6-3/h10H,4-9H2,1-3H3. The van der Waals surface area contributed by atoms with Crippen molar-refractivity contribution in [3.8, 4) is 0 Å². The van der Waals surface area contributed by atoms with Crippen molar-refractivity contribution in [1.29, 1.82) is 0 Å². The Kier molecular flexibility index (Phi) is 10.0. The van der Waals surface area contributed by atoms with E-state index in [0.29, 0.717) is 16.5 Å². The SMILES string of the molecule is CCCCCC=C(I)P(=O)(OCC)OCC. The summed E-state index contributed by atoms with van der Waals surface area (Å²) in [6.07, 6.45) is 6.44. The van der Waals surface area contributed by atoms with Gasteiger partial charge >= 0.3 is 7.60 Å². The van der Waals surface area contributed by atoms with Crippen LogP contribution in [0.15, 0.2) is 9.40 Å². The van der Waals surface area contributed by atoms with E-state index < -0.39 is 7.60 Å². The van der Waals surface area contributed by atoms with Crippen LogP contribution < -0.4 is 0 Å². The van der Waals surface area contributed by atoms with Crippen LogP contribution in [-0.4, -0.2) is 13.2 Å². The molecule has 0 saturated heterocycles. The number of rotatable bonds is 9. The van der Waals surface area contributed by atoms with Crippen LogP contribution in [0.4, 0.5) is 0 Å². The number of hydrogen-bond acceptors (Lipinski definition) is 3. The maximum atomic E-state index is 12.3. The van der Waals surface area contributed by atoms with Gasteiger partial charge in [-0.3, -0.25) is 4.57 Å². The Labute approximate surface area is 113 Å². The number of allylic oxidation sites excluding steroid dienone is 1. The smallest absolute Gasteiger partial charge is 0.305 e. The van der Waals surface area contributed by atoms with E-state index in [-0.39, 0.29) is 0 Å². The molecular formula is C11H22IO3P. The predicted molar refractivity (Wildman–Crippen MR) is 77.1 cm³/mol. The lowest BCUT2D eigenvalue weighted by Gasteiger charge is -2.16. The van der Waals surface area contributed by atoms with Crippen molar-refractivity contribution in [2.45, 2.75) is 46.5 Å². The Bertz CT molecular complexity index is 244. The van der Waals surface area contributed by atoms with E-state index in [1.165, 1.54) is 12.8 Å². The van der Waals surface area contributed by atoms with Gasteiger partial charge in [0, 0.05) is 0 Å². The zero-order chi connectivity index (χ0) is 12.4. The second kappa shape index (κ2) is 9.63. The number of halogens is 1. The van der Waals surface area contributed by atoms with Gasteiger partial charge in [-0.2, -0.15) is 0 Å². The zero-order valence-corrected chi connectivity index (χ0v) is 13.4. The fourth-order valence-corrected chi connectivity index (χ4v) is 3.73. The van der Waals surface area contributed by atoms with Gasteiger partial charge in [-0.05, 0) is 49.3 Å². The highest BCUT2D eigenvalue weighted by Crippen LogP contribution is 2.59. The molecule has 0 N–H and O–H groups in total. The molecule has 0 radical (unpaired) electrons. The Morgan fingerprint density at radius 1 is 1.19 bits per heavy atom.